The van der Waals surface area contributed by atoms with Crippen LogP contribution in [0.4, 0.5) is 0 Å². The van der Waals surface area contributed by atoms with E-state index in [1.807, 2.05) is 12.1 Å². The molecule has 9 nitrogen and oxygen atoms in total. The van der Waals surface area contributed by atoms with E-state index in [0.29, 0.717) is 0 Å². The predicted octanol–water partition coefficient (Wildman–Crippen LogP) is 8.97. The van der Waals surface area contributed by atoms with Crippen molar-refractivity contribution in [2.24, 2.45) is 0 Å². The third kappa shape index (κ3) is 6.64. The van der Waals surface area contributed by atoms with Crippen LogP contribution in [0.5, 0.6) is 0 Å². The van der Waals surface area contributed by atoms with Crippen molar-refractivity contribution < 1.29 is 9.90 Å². The highest BCUT2D eigenvalue weighted by Crippen LogP contribution is 2.37. The van der Waals surface area contributed by atoms with Crippen molar-refractivity contribution in [2.45, 2.75) is 0 Å². The number of halogens is 1. The maximum atomic E-state index is 12.2. The van der Waals surface area contributed by atoms with E-state index in [1.165, 1.54) is 0 Å². The first-order valence-corrected chi connectivity index (χ1v) is 18.1. The van der Waals surface area contributed by atoms with Crippen LogP contribution in [0.15, 0.2) is 104 Å². The molecule has 5 aliphatic heterocycles. The van der Waals surface area contributed by atoms with E-state index in [2.05, 4.69) is 143 Å². The molecule has 8 bridgehead atoms. The summed E-state index contributed by atoms with van der Waals surface area (Å²) < 4.78 is 0. The van der Waals surface area contributed by atoms with Crippen LogP contribution in [0.2, 0.25) is 0 Å². The van der Waals surface area contributed by atoms with Crippen LogP contribution >= 0.6 is 12.4 Å². The van der Waals surface area contributed by atoms with Gasteiger partial charge >= 0.3 is 5.97 Å². The van der Waals surface area contributed by atoms with E-state index in [9.17, 15) is 9.90 Å². The van der Waals surface area contributed by atoms with Gasteiger partial charge in [0.2, 0.25) is 0 Å². The van der Waals surface area contributed by atoms with Crippen molar-refractivity contribution in [3.8, 4) is 11.1 Å². The lowest BCUT2D eigenvalue weighted by atomic mass is 10.0. The minimum atomic E-state index is -0.981. The van der Waals surface area contributed by atoms with Crippen LogP contribution in [0.25, 0.3) is 74.2 Å². The topological polar surface area (TPSA) is 104 Å². The van der Waals surface area contributed by atoms with Gasteiger partial charge in [0.25, 0.3) is 0 Å². The number of carboxylic acid groups (broad SMARTS) is 1. The van der Waals surface area contributed by atoms with Crippen molar-refractivity contribution in [3.05, 3.63) is 149 Å². The molecule has 0 unspecified atom stereocenters. The number of carboxylic acids is 1. The van der Waals surface area contributed by atoms with Crippen molar-refractivity contribution in [1.82, 2.24) is 34.6 Å². The molecule has 5 aliphatic rings. The highest BCUT2D eigenvalue weighted by molar-refractivity contribution is 6.00. The number of fused-ring (bicyclic) bond motifs is 8. The number of H-pyrrole nitrogens is 2. The number of rotatable bonds is 5. The Morgan fingerprint density at radius 3 is 1.31 bits per heavy atom. The van der Waals surface area contributed by atoms with Gasteiger partial charge < -0.3 is 29.8 Å². The molecule has 0 radical (unpaired) electrons. The number of nitrogens with one attached hydrogen (secondary N) is 2. The molecular weight excluding hydrogens is 706 g/mol. The Morgan fingerprint density at radius 1 is 0.564 bits per heavy atom. The number of aromatic nitrogens is 4. The van der Waals surface area contributed by atoms with Gasteiger partial charge in [0.05, 0.1) is 28.3 Å². The lowest BCUT2D eigenvalue weighted by Crippen LogP contribution is -2.13. The SMILES string of the molecule is CN1C=CC(c2c3nc(c(C4=CCN(C)C=C4)c4ccc([nH]4)c(-c4cccc(C(=O)O)c4)c4nc(c(C5=CCN(C)C=C5)c5ccc2[nH]5)C=C4)C=C3)=CC1.Cl. The molecule has 0 aliphatic carbocycles. The van der Waals surface area contributed by atoms with Crippen molar-refractivity contribution in [3.63, 3.8) is 0 Å². The van der Waals surface area contributed by atoms with Crippen LogP contribution < -0.4 is 0 Å². The minimum Gasteiger partial charge on any atom is -0.478 e. The quantitative estimate of drug-likeness (QED) is 0.162. The fourth-order valence-electron chi connectivity index (χ4n) is 7.52. The van der Waals surface area contributed by atoms with Gasteiger partial charge in [0.15, 0.2) is 0 Å². The Kier molecular flexibility index (Phi) is 9.24. The monoisotopic (exact) mass is 745 g/mol. The Hall–Kier alpha value is -6.58. The van der Waals surface area contributed by atoms with Crippen molar-refractivity contribution >= 4 is 81.5 Å². The first-order valence-electron chi connectivity index (χ1n) is 18.1. The highest BCUT2D eigenvalue weighted by atomic mass is 35.5. The summed E-state index contributed by atoms with van der Waals surface area (Å²) in [6.45, 7) is 2.33. The number of aromatic carboxylic acids is 1. The zero-order valence-corrected chi connectivity index (χ0v) is 31.6. The third-order valence-electron chi connectivity index (χ3n) is 10.3. The lowest BCUT2D eigenvalue weighted by Gasteiger charge is -2.18. The number of benzene rings is 1. The van der Waals surface area contributed by atoms with Gasteiger partial charge in [-0.15, -0.1) is 12.4 Å². The molecule has 0 amide bonds. The molecule has 55 heavy (non-hydrogen) atoms. The Labute approximate surface area is 325 Å². The molecule has 0 atom stereocenters. The van der Waals surface area contributed by atoms with Crippen LogP contribution in [-0.4, -0.2) is 86.5 Å². The predicted molar refractivity (Wildman–Crippen MR) is 228 cm³/mol. The van der Waals surface area contributed by atoms with Gasteiger partial charge in [-0.25, -0.2) is 14.8 Å². The van der Waals surface area contributed by atoms with Gasteiger partial charge in [-0.05, 0) is 120 Å². The maximum Gasteiger partial charge on any atom is 0.335 e. The second-order valence-corrected chi connectivity index (χ2v) is 14.1. The molecule has 1 aromatic carbocycles. The Balaban J connectivity index is 0.00000427. The number of aromatic amines is 2. The summed E-state index contributed by atoms with van der Waals surface area (Å²) in [6, 6.07) is 15.5. The summed E-state index contributed by atoms with van der Waals surface area (Å²) in [4.78, 5) is 36.9. The first kappa shape index (κ1) is 35.4. The molecule has 0 saturated heterocycles. The number of allylic oxidation sites excluding steroid dienone is 6. The number of likely N-dealkylation sites (N-methyl/N-ethyl adjacent to an activating group) is 3. The molecule has 0 spiro atoms. The number of carbonyl (C=O) groups is 1. The standard InChI is InChI=1S/C45H39N7O2.ClH/c1-50-21-15-28(16-22-50)41-33-7-9-35(46-33)42(29-17-23-51(2)24-18-29)37-11-13-39(48-37)44(31-5-4-6-32(27-31)45(53)54)40-14-12-38(49-40)43(36-10-8-34(41)47-36)30-19-25-52(3)26-20-30;/h4-21,23,25,27,46,49H,22,24,26H2,1-3H3,(H,53,54);1H. The normalized spacial score (nSPS) is 15.9. The van der Waals surface area contributed by atoms with Crippen molar-refractivity contribution in [1.29, 1.82) is 0 Å². The van der Waals surface area contributed by atoms with E-state index >= 15 is 0 Å². The van der Waals surface area contributed by atoms with E-state index in [-0.39, 0.29) is 18.0 Å². The maximum absolute atomic E-state index is 12.2. The average Bonchev–Trinajstić information content (AvgIpc) is 4.02. The minimum absolute atomic E-state index is 0. The molecular formula is C45H40ClN7O2. The summed E-state index contributed by atoms with van der Waals surface area (Å²) >= 11 is 0. The third-order valence-corrected chi connectivity index (χ3v) is 10.3. The fourth-order valence-corrected chi connectivity index (χ4v) is 7.52. The van der Waals surface area contributed by atoms with Gasteiger partial charge in [-0.2, -0.15) is 0 Å². The molecule has 274 valence electrons. The van der Waals surface area contributed by atoms with Crippen LogP contribution in [0.3, 0.4) is 0 Å². The molecule has 0 fully saturated rings. The van der Waals surface area contributed by atoms with Crippen LogP contribution in [-0.2, 0) is 0 Å². The van der Waals surface area contributed by atoms with E-state index in [0.717, 1.165) is 109 Å². The summed E-state index contributed by atoms with van der Waals surface area (Å²) in [5.41, 5.74) is 14.9. The lowest BCUT2D eigenvalue weighted by molar-refractivity contribution is 0.0697. The number of hydrogen-bond donors (Lipinski definition) is 3. The van der Waals surface area contributed by atoms with Gasteiger partial charge in [0.1, 0.15) is 0 Å². The van der Waals surface area contributed by atoms with Gasteiger partial charge in [0, 0.05) is 85.1 Å². The number of hydrogen-bond acceptors (Lipinski definition) is 6. The molecule has 3 N–H and O–H groups in total. The van der Waals surface area contributed by atoms with Crippen molar-refractivity contribution in [2.75, 3.05) is 40.8 Å². The van der Waals surface area contributed by atoms with Gasteiger partial charge in [-0.1, -0.05) is 30.4 Å². The van der Waals surface area contributed by atoms with Gasteiger partial charge in [-0.3, -0.25) is 0 Å². The Morgan fingerprint density at radius 2 is 0.945 bits per heavy atom. The highest BCUT2D eigenvalue weighted by Gasteiger charge is 2.21. The van der Waals surface area contributed by atoms with E-state index in [4.69, 9.17) is 9.97 Å². The van der Waals surface area contributed by atoms with E-state index < -0.39 is 5.97 Å². The molecule has 10 heteroatoms. The molecule has 4 aromatic rings. The van der Waals surface area contributed by atoms with E-state index in [1.54, 1.807) is 18.2 Å². The fraction of sp³-hybridized carbons (Fsp3) is 0.133. The Bertz CT molecular complexity index is 2650. The second kappa shape index (κ2) is 14.3. The summed E-state index contributed by atoms with van der Waals surface area (Å²) in [5, 5.41) is 9.97. The average molecular weight is 746 g/mol. The zero-order valence-electron chi connectivity index (χ0n) is 30.7. The van der Waals surface area contributed by atoms with Crippen LogP contribution in [0.1, 0.15) is 49.8 Å². The molecule has 3 aromatic heterocycles. The summed E-state index contributed by atoms with van der Waals surface area (Å²) in [5.74, 6) is -0.981. The first-order chi connectivity index (χ1) is 26.3. The largest absolute Gasteiger partial charge is 0.478 e. The molecule has 8 heterocycles. The summed E-state index contributed by atoms with van der Waals surface area (Å²) in [7, 11) is 6.19. The summed E-state index contributed by atoms with van der Waals surface area (Å²) in [6.07, 6.45) is 27.7. The molecule has 9 rings (SSSR count). The molecule has 0 saturated carbocycles. The zero-order chi connectivity index (χ0) is 36.9. The van der Waals surface area contributed by atoms with Crippen LogP contribution in [0, 0.1) is 0 Å². The smallest absolute Gasteiger partial charge is 0.335 e. The second-order valence-electron chi connectivity index (χ2n) is 14.1. The number of nitrogens with zero attached hydrogens (tertiary/aromatic N) is 5.